The van der Waals surface area contributed by atoms with Gasteiger partial charge in [-0.05, 0) is 30.7 Å². The van der Waals surface area contributed by atoms with Crippen LogP contribution in [0.4, 0.5) is 0 Å². The Kier molecular flexibility index (Phi) is 7.34. The van der Waals surface area contributed by atoms with Crippen molar-refractivity contribution in [2.75, 3.05) is 27.4 Å². The highest BCUT2D eigenvalue weighted by molar-refractivity contribution is 5.88. The van der Waals surface area contributed by atoms with Gasteiger partial charge < -0.3 is 24.1 Å². The van der Waals surface area contributed by atoms with Crippen LogP contribution in [0.25, 0.3) is 11.4 Å². The topological polar surface area (TPSA) is 113 Å². The number of aromatic nitrogens is 3. The van der Waals surface area contributed by atoms with Gasteiger partial charge >= 0.3 is 5.97 Å². The molecule has 0 bridgehead atoms. The van der Waals surface area contributed by atoms with Crippen molar-refractivity contribution in [3.05, 3.63) is 59.5 Å². The predicted molar refractivity (Wildman–Crippen MR) is 112 cm³/mol. The Morgan fingerprint density at radius 1 is 1.03 bits per heavy atom. The number of hydrogen-bond acceptors (Lipinski definition) is 8. The minimum atomic E-state index is -1.08. The third kappa shape index (κ3) is 5.67. The van der Waals surface area contributed by atoms with Gasteiger partial charge in [0.2, 0.25) is 0 Å². The average molecular weight is 425 g/mol. The highest BCUT2D eigenvalue weighted by atomic mass is 16.5. The first-order valence-corrected chi connectivity index (χ1v) is 9.46. The zero-order valence-corrected chi connectivity index (χ0v) is 17.5. The predicted octanol–water partition coefficient (Wildman–Crippen LogP) is 3.16. The molecule has 162 valence electrons. The Morgan fingerprint density at radius 2 is 1.81 bits per heavy atom. The number of nitrogens with zero attached hydrogens (tertiary/aromatic N) is 3. The van der Waals surface area contributed by atoms with Crippen LogP contribution in [0.1, 0.15) is 21.6 Å². The first kappa shape index (κ1) is 22.0. The first-order chi connectivity index (χ1) is 15.0. The van der Waals surface area contributed by atoms with Gasteiger partial charge in [0.25, 0.3) is 5.88 Å². The quantitative estimate of drug-likeness (QED) is 0.489. The van der Waals surface area contributed by atoms with Gasteiger partial charge in [-0.2, -0.15) is 0 Å². The molecule has 31 heavy (non-hydrogen) atoms. The molecule has 0 radical (unpaired) electrons. The van der Waals surface area contributed by atoms with E-state index in [1.165, 1.54) is 6.20 Å². The van der Waals surface area contributed by atoms with Crippen molar-refractivity contribution in [1.82, 2.24) is 15.0 Å². The number of methoxy groups -OCH3 is 2. The summed E-state index contributed by atoms with van der Waals surface area (Å²) in [6, 6.07) is 9.22. The van der Waals surface area contributed by atoms with Crippen LogP contribution < -0.4 is 14.2 Å². The smallest absolute Gasteiger partial charge is 0.339 e. The summed E-state index contributed by atoms with van der Waals surface area (Å²) in [5.74, 6) is 0.751. The molecular formula is C22H23N3O6. The Labute approximate surface area is 179 Å². The Balaban J connectivity index is 1.83. The summed E-state index contributed by atoms with van der Waals surface area (Å²) in [7, 11) is 3.20. The van der Waals surface area contributed by atoms with Crippen LogP contribution in [-0.2, 0) is 11.3 Å². The van der Waals surface area contributed by atoms with E-state index in [1.54, 1.807) is 33.4 Å². The molecule has 0 atom stereocenters. The molecule has 0 saturated heterocycles. The lowest BCUT2D eigenvalue weighted by atomic mass is 10.2. The van der Waals surface area contributed by atoms with Crippen molar-refractivity contribution in [1.29, 1.82) is 0 Å². The molecule has 0 aliphatic rings. The zero-order valence-electron chi connectivity index (χ0n) is 17.5. The van der Waals surface area contributed by atoms with Crippen molar-refractivity contribution in [3.8, 4) is 28.8 Å². The number of rotatable bonds is 10. The standard InChI is InChI=1S/C22H23N3O6/c1-14-18(22(26)27)12-23-20(25-14)16-10-19(30-9-8-28-2)21(24-11-16)31-13-15-4-6-17(29-3)7-5-15/h4-7,10-12H,8-9,13H2,1-3H3,(H,26,27). The van der Waals surface area contributed by atoms with Crippen LogP contribution in [0.2, 0.25) is 0 Å². The number of aryl methyl sites for hydroxylation is 1. The van der Waals surface area contributed by atoms with Gasteiger partial charge in [0.1, 0.15) is 19.0 Å². The fourth-order valence-electron chi connectivity index (χ4n) is 2.69. The lowest BCUT2D eigenvalue weighted by molar-refractivity contribution is 0.0695. The maximum Gasteiger partial charge on any atom is 0.339 e. The van der Waals surface area contributed by atoms with Crippen LogP contribution >= 0.6 is 0 Å². The van der Waals surface area contributed by atoms with Crippen LogP contribution in [0.15, 0.2) is 42.7 Å². The normalized spacial score (nSPS) is 10.5. The van der Waals surface area contributed by atoms with Gasteiger partial charge in [-0.15, -0.1) is 0 Å². The van der Waals surface area contributed by atoms with Crippen molar-refractivity contribution in [2.24, 2.45) is 0 Å². The highest BCUT2D eigenvalue weighted by Gasteiger charge is 2.15. The van der Waals surface area contributed by atoms with Gasteiger partial charge in [-0.25, -0.2) is 19.7 Å². The summed E-state index contributed by atoms with van der Waals surface area (Å²) in [6.45, 7) is 2.60. The molecule has 0 fully saturated rings. The molecule has 1 N–H and O–H groups in total. The van der Waals surface area contributed by atoms with Crippen LogP contribution in [0.3, 0.4) is 0 Å². The maximum atomic E-state index is 11.2. The fourth-order valence-corrected chi connectivity index (χ4v) is 2.69. The first-order valence-electron chi connectivity index (χ1n) is 9.46. The largest absolute Gasteiger partial charge is 0.497 e. The second kappa shape index (κ2) is 10.4. The molecule has 9 heteroatoms. The van der Waals surface area contributed by atoms with Crippen LogP contribution in [-0.4, -0.2) is 53.5 Å². The SMILES string of the molecule is COCCOc1cc(-c2ncc(C(=O)O)c(C)n2)cnc1OCc1ccc(OC)cc1. The summed E-state index contributed by atoms with van der Waals surface area (Å²) in [5, 5.41) is 9.16. The number of carboxylic acids is 1. The van der Waals surface area contributed by atoms with E-state index < -0.39 is 5.97 Å². The monoisotopic (exact) mass is 425 g/mol. The minimum Gasteiger partial charge on any atom is -0.497 e. The van der Waals surface area contributed by atoms with E-state index in [0.29, 0.717) is 48.5 Å². The molecule has 3 rings (SSSR count). The van der Waals surface area contributed by atoms with Crippen LogP contribution in [0.5, 0.6) is 17.4 Å². The molecule has 0 saturated carbocycles. The number of hydrogen-bond donors (Lipinski definition) is 1. The van der Waals surface area contributed by atoms with E-state index in [9.17, 15) is 4.79 Å². The average Bonchev–Trinajstić information content (AvgIpc) is 2.78. The fraction of sp³-hybridized carbons (Fsp3) is 0.273. The highest BCUT2D eigenvalue weighted by Crippen LogP contribution is 2.30. The van der Waals surface area contributed by atoms with E-state index in [2.05, 4.69) is 15.0 Å². The van der Waals surface area contributed by atoms with E-state index in [0.717, 1.165) is 11.3 Å². The molecule has 1 aromatic carbocycles. The molecule has 0 amide bonds. The number of aromatic carboxylic acids is 1. The molecule has 0 aliphatic carbocycles. The van der Waals surface area contributed by atoms with E-state index in [-0.39, 0.29) is 5.56 Å². The van der Waals surface area contributed by atoms with E-state index >= 15 is 0 Å². The Bertz CT molecular complexity index is 1040. The number of carbonyl (C=O) groups is 1. The summed E-state index contributed by atoms with van der Waals surface area (Å²) < 4.78 is 21.8. The van der Waals surface area contributed by atoms with Crippen molar-refractivity contribution in [2.45, 2.75) is 13.5 Å². The van der Waals surface area contributed by atoms with E-state index in [1.807, 2.05) is 24.3 Å². The van der Waals surface area contributed by atoms with Crippen molar-refractivity contribution >= 4 is 5.97 Å². The molecule has 0 spiro atoms. The number of pyridine rings is 1. The molecule has 2 heterocycles. The Morgan fingerprint density at radius 3 is 2.45 bits per heavy atom. The molecule has 3 aromatic rings. The van der Waals surface area contributed by atoms with E-state index in [4.69, 9.17) is 24.1 Å². The number of ether oxygens (including phenoxy) is 4. The minimum absolute atomic E-state index is 0.0488. The van der Waals surface area contributed by atoms with Gasteiger partial charge in [-0.3, -0.25) is 0 Å². The molecule has 2 aromatic heterocycles. The Hall–Kier alpha value is -3.72. The second-order valence-corrected chi connectivity index (χ2v) is 6.50. The number of carboxylic acid groups (broad SMARTS) is 1. The third-order valence-corrected chi connectivity index (χ3v) is 4.37. The van der Waals surface area contributed by atoms with Gasteiger partial charge in [0.05, 0.1) is 25.0 Å². The zero-order chi connectivity index (χ0) is 22.2. The second-order valence-electron chi connectivity index (χ2n) is 6.50. The maximum absolute atomic E-state index is 11.2. The van der Waals surface area contributed by atoms with Crippen molar-refractivity contribution in [3.63, 3.8) is 0 Å². The van der Waals surface area contributed by atoms with Crippen LogP contribution in [0, 0.1) is 6.92 Å². The van der Waals surface area contributed by atoms with Gasteiger partial charge in [0.15, 0.2) is 11.6 Å². The molecule has 0 aliphatic heterocycles. The number of benzene rings is 1. The third-order valence-electron chi connectivity index (χ3n) is 4.37. The summed E-state index contributed by atoms with van der Waals surface area (Å²) >= 11 is 0. The summed E-state index contributed by atoms with van der Waals surface area (Å²) in [4.78, 5) is 24.0. The van der Waals surface area contributed by atoms with Gasteiger partial charge in [-0.1, -0.05) is 12.1 Å². The van der Waals surface area contributed by atoms with Gasteiger partial charge in [0, 0.05) is 25.1 Å². The van der Waals surface area contributed by atoms with Crippen molar-refractivity contribution < 1.29 is 28.8 Å². The molecule has 0 unspecified atom stereocenters. The lowest BCUT2D eigenvalue weighted by Gasteiger charge is -2.13. The molecule has 9 nitrogen and oxygen atoms in total. The molecular weight excluding hydrogens is 402 g/mol. The summed E-state index contributed by atoms with van der Waals surface area (Å²) in [6.07, 6.45) is 2.83. The summed E-state index contributed by atoms with van der Waals surface area (Å²) in [5.41, 5.74) is 1.92. The lowest BCUT2D eigenvalue weighted by Crippen LogP contribution is -2.08.